The number of aryl methyl sites for hydroxylation is 2. The van der Waals surface area contributed by atoms with Crippen LogP contribution in [0.15, 0.2) is 29.8 Å². The van der Waals surface area contributed by atoms with Crippen molar-refractivity contribution in [1.82, 2.24) is 0 Å². The number of rotatable bonds is 1. The normalized spacial score (nSPS) is 30.1. The Morgan fingerprint density at radius 2 is 1.89 bits per heavy atom. The maximum Gasteiger partial charge on any atom is 0.111 e. The predicted octanol–water partition coefficient (Wildman–Crippen LogP) is 4.41. The number of aliphatic hydroxyl groups is 1. The fraction of sp³-hybridized carbons (Fsp3) is 0.556. The molecule has 1 heteroatoms. The van der Waals surface area contributed by atoms with Gasteiger partial charge >= 0.3 is 0 Å². The lowest BCUT2D eigenvalue weighted by Crippen LogP contribution is -2.25. The second kappa shape index (κ2) is 5.13. The second-order valence-corrected chi connectivity index (χ2v) is 6.20. The summed E-state index contributed by atoms with van der Waals surface area (Å²) < 4.78 is 0. The average Bonchev–Trinajstić information content (AvgIpc) is 2.67. The van der Waals surface area contributed by atoms with Gasteiger partial charge in [-0.05, 0) is 62.1 Å². The Kier molecular flexibility index (Phi) is 3.49. The topological polar surface area (TPSA) is 20.2 Å². The van der Waals surface area contributed by atoms with Crippen LogP contribution in [0.2, 0.25) is 0 Å². The van der Waals surface area contributed by atoms with Crippen molar-refractivity contribution in [3.63, 3.8) is 0 Å². The highest BCUT2D eigenvalue weighted by atomic mass is 16.3. The van der Waals surface area contributed by atoms with Gasteiger partial charge in [-0.1, -0.05) is 42.7 Å². The van der Waals surface area contributed by atoms with Crippen molar-refractivity contribution in [2.75, 3.05) is 0 Å². The third-order valence-corrected chi connectivity index (χ3v) is 4.79. The van der Waals surface area contributed by atoms with Gasteiger partial charge in [0.2, 0.25) is 0 Å². The van der Waals surface area contributed by atoms with Crippen molar-refractivity contribution < 1.29 is 5.11 Å². The minimum absolute atomic E-state index is 0.668. The monoisotopic (exact) mass is 256 g/mol. The zero-order chi connectivity index (χ0) is 13.3. The fourth-order valence-electron chi connectivity index (χ4n) is 3.64. The van der Waals surface area contributed by atoms with Crippen LogP contribution >= 0.6 is 0 Å². The van der Waals surface area contributed by atoms with Crippen LogP contribution in [0.4, 0.5) is 0 Å². The third kappa shape index (κ3) is 2.36. The van der Waals surface area contributed by atoms with Crippen LogP contribution in [-0.2, 0) is 12.0 Å². The molecule has 0 aliphatic heterocycles. The van der Waals surface area contributed by atoms with Gasteiger partial charge in [-0.2, -0.15) is 0 Å². The molecule has 102 valence electrons. The average molecular weight is 256 g/mol. The lowest BCUT2D eigenvalue weighted by Gasteiger charge is -2.29. The maximum atomic E-state index is 11.2. The molecule has 1 aromatic rings. The molecule has 0 radical (unpaired) electrons. The molecule has 0 heterocycles. The van der Waals surface area contributed by atoms with E-state index in [1.54, 1.807) is 0 Å². The molecule has 0 bridgehead atoms. The molecule has 0 aromatic heterocycles. The Morgan fingerprint density at radius 1 is 1.05 bits per heavy atom. The first kappa shape index (κ1) is 12.9. The van der Waals surface area contributed by atoms with E-state index >= 15 is 0 Å². The minimum Gasteiger partial charge on any atom is -0.381 e. The van der Waals surface area contributed by atoms with Crippen LogP contribution in [0.1, 0.15) is 61.6 Å². The van der Waals surface area contributed by atoms with Crippen LogP contribution in [0.5, 0.6) is 0 Å². The zero-order valence-corrected chi connectivity index (χ0v) is 11.9. The zero-order valence-electron chi connectivity index (χ0n) is 11.9. The second-order valence-electron chi connectivity index (χ2n) is 6.20. The molecule has 1 unspecified atom stereocenters. The summed E-state index contributed by atoms with van der Waals surface area (Å²) in [6, 6.07) is 6.56. The molecule has 1 nitrogen and oxygen atoms in total. The third-order valence-electron chi connectivity index (χ3n) is 4.79. The molecule has 0 saturated carbocycles. The molecule has 19 heavy (non-hydrogen) atoms. The Hall–Kier alpha value is -1.08. The molecule has 0 amide bonds. The van der Waals surface area contributed by atoms with E-state index in [2.05, 4.69) is 31.2 Å². The van der Waals surface area contributed by atoms with Crippen molar-refractivity contribution in [3.8, 4) is 0 Å². The maximum absolute atomic E-state index is 11.2. The van der Waals surface area contributed by atoms with Crippen LogP contribution in [0.25, 0.3) is 0 Å². The molecule has 1 aromatic carbocycles. The fourth-order valence-corrected chi connectivity index (χ4v) is 3.64. The van der Waals surface area contributed by atoms with Crippen LogP contribution < -0.4 is 0 Å². The number of benzene rings is 1. The van der Waals surface area contributed by atoms with Gasteiger partial charge < -0.3 is 5.11 Å². The Bertz CT molecular complexity index is 500. The number of fused-ring (bicyclic) bond motifs is 1. The summed E-state index contributed by atoms with van der Waals surface area (Å²) in [5, 5.41) is 11.2. The van der Waals surface area contributed by atoms with Gasteiger partial charge in [0, 0.05) is 0 Å². The molecule has 1 N–H and O–H groups in total. The highest BCUT2D eigenvalue weighted by Gasteiger charge is 2.39. The Morgan fingerprint density at radius 3 is 2.79 bits per heavy atom. The molecule has 0 fully saturated rings. The Labute approximate surface area is 116 Å². The number of allylic oxidation sites excluding steroid dienone is 1. The van der Waals surface area contributed by atoms with E-state index in [0.717, 1.165) is 25.7 Å². The van der Waals surface area contributed by atoms with Gasteiger partial charge in [0.15, 0.2) is 0 Å². The van der Waals surface area contributed by atoms with E-state index in [1.165, 1.54) is 47.9 Å². The summed E-state index contributed by atoms with van der Waals surface area (Å²) in [6.45, 7) is 2.12. The molecular formula is C18H24O. The number of hydrogen-bond donors (Lipinski definition) is 1. The standard InChI is InChI=1S/C18H24O/c1-14-9-10-15-11-12-18(19,17(15)13-14)16-7-5-3-2-4-6-8-16/h7,9-10,13,19H,2-6,8,11-12H2,1H3/b16-7+. The van der Waals surface area contributed by atoms with E-state index in [-0.39, 0.29) is 0 Å². The van der Waals surface area contributed by atoms with E-state index < -0.39 is 5.60 Å². The van der Waals surface area contributed by atoms with Crippen molar-refractivity contribution in [3.05, 3.63) is 46.5 Å². The quantitative estimate of drug-likeness (QED) is 0.738. The van der Waals surface area contributed by atoms with E-state index in [4.69, 9.17) is 0 Å². The molecule has 2 aliphatic rings. The Balaban J connectivity index is 1.98. The van der Waals surface area contributed by atoms with E-state index in [1.807, 2.05) is 0 Å². The summed E-state index contributed by atoms with van der Waals surface area (Å²) >= 11 is 0. The van der Waals surface area contributed by atoms with E-state index in [9.17, 15) is 5.11 Å². The van der Waals surface area contributed by atoms with Crippen molar-refractivity contribution in [1.29, 1.82) is 0 Å². The van der Waals surface area contributed by atoms with E-state index in [0.29, 0.717) is 0 Å². The molecule has 1 atom stereocenters. The van der Waals surface area contributed by atoms with Crippen molar-refractivity contribution >= 4 is 0 Å². The van der Waals surface area contributed by atoms with Gasteiger partial charge in [-0.25, -0.2) is 0 Å². The summed E-state index contributed by atoms with van der Waals surface area (Å²) in [5.74, 6) is 0. The van der Waals surface area contributed by atoms with Crippen molar-refractivity contribution in [2.24, 2.45) is 0 Å². The molecule has 3 rings (SSSR count). The largest absolute Gasteiger partial charge is 0.381 e. The van der Waals surface area contributed by atoms with Crippen LogP contribution in [-0.4, -0.2) is 5.11 Å². The van der Waals surface area contributed by atoms with Gasteiger partial charge in [0.1, 0.15) is 5.60 Å². The van der Waals surface area contributed by atoms with Gasteiger partial charge in [0.25, 0.3) is 0 Å². The predicted molar refractivity (Wildman–Crippen MR) is 79.2 cm³/mol. The van der Waals surface area contributed by atoms with Crippen LogP contribution in [0, 0.1) is 6.92 Å². The molecule has 2 aliphatic carbocycles. The summed E-state index contributed by atoms with van der Waals surface area (Å²) in [5.41, 5.74) is 4.40. The SMILES string of the molecule is Cc1ccc2c(c1)C(O)(/C1=C/CCCCCC1)CC2. The summed E-state index contributed by atoms with van der Waals surface area (Å²) in [4.78, 5) is 0. The highest BCUT2D eigenvalue weighted by Crippen LogP contribution is 2.44. The first-order valence-corrected chi connectivity index (χ1v) is 7.72. The first-order chi connectivity index (χ1) is 9.20. The van der Waals surface area contributed by atoms with Gasteiger partial charge in [-0.3, -0.25) is 0 Å². The molecular weight excluding hydrogens is 232 g/mol. The summed E-state index contributed by atoms with van der Waals surface area (Å²) in [7, 11) is 0. The van der Waals surface area contributed by atoms with Crippen LogP contribution in [0.3, 0.4) is 0 Å². The van der Waals surface area contributed by atoms with Gasteiger partial charge in [-0.15, -0.1) is 0 Å². The summed E-state index contributed by atoms with van der Waals surface area (Å²) in [6.07, 6.45) is 11.6. The van der Waals surface area contributed by atoms with Crippen molar-refractivity contribution in [2.45, 2.75) is 63.9 Å². The minimum atomic E-state index is -0.668. The lowest BCUT2D eigenvalue weighted by atomic mass is 9.82. The lowest BCUT2D eigenvalue weighted by molar-refractivity contribution is 0.0733. The smallest absolute Gasteiger partial charge is 0.111 e. The van der Waals surface area contributed by atoms with Gasteiger partial charge in [0.05, 0.1) is 0 Å². The highest BCUT2D eigenvalue weighted by molar-refractivity contribution is 5.45. The molecule has 0 saturated heterocycles. The number of hydrogen-bond acceptors (Lipinski definition) is 1. The first-order valence-electron chi connectivity index (χ1n) is 7.72. The molecule has 0 spiro atoms.